The third-order valence-corrected chi connectivity index (χ3v) is 3.06. The highest BCUT2D eigenvalue weighted by Crippen LogP contribution is 2.17. The third kappa shape index (κ3) is 3.19. The molecule has 1 fully saturated rings. The van der Waals surface area contributed by atoms with Crippen molar-refractivity contribution in [2.24, 2.45) is 0 Å². The van der Waals surface area contributed by atoms with Gasteiger partial charge in [0.25, 0.3) is 0 Å². The molecule has 2 atom stereocenters. The smallest absolute Gasteiger partial charge is 0.325 e. The van der Waals surface area contributed by atoms with Crippen LogP contribution < -0.4 is 10.6 Å². The van der Waals surface area contributed by atoms with Crippen LogP contribution in [0.5, 0.6) is 0 Å². The number of thioether (sulfide) groups is 1. The minimum absolute atomic E-state index is 0.0629. The summed E-state index contributed by atoms with van der Waals surface area (Å²) < 4.78 is 4.41. The number of hydrogen-bond acceptors (Lipinski definition) is 5. The third-order valence-electron chi connectivity index (χ3n) is 1.90. The lowest BCUT2D eigenvalue weighted by Crippen LogP contribution is -2.45. The highest BCUT2D eigenvalue weighted by molar-refractivity contribution is 8.00. The van der Waals surface area contributed by atoms with E-state index in [-0.39, 0.29) is 18.5 Å². The molecular formula is C8H14N2O3S. The van der Waals surface area contributed by atoms with Crippen LogP contribution in [0.1, 0.15) is 6.92 Å². The number of carbonyl (C=O) groups excluding carboxylic acids is 2. The van der Waals surface area contributed by atoms with Crippen LogP contribution in [0.15, 0.2) is 0 Å². The van der Waals surface area contributed by atoms with Crippen LogP contribution in [0, 0.1) is 0 Å². The van der Waals surface area contributed by atoms with Gasteiger partial charge in [-0.3, -0.25) is 14.9 Å². The van der Waals surface area contributed by atoms with Crippen LogP contribution >= 0.6 is 11.8 Å². The molecule has 1 saturated heterocycles. The summed E-state index contributed by atoms with van der Waals surface area (Å²) in [7, 11) is 1.29. The molecule has 0 spiro atoms. The van der Waals surface area contributed by atoms with Gasteiger partial charge in [-0.2, -0.15) is 0 Å². The second-order valence-electron chi connectivity index (χ2n) is 2.99. The first-order valence-corrected chi connectivity index (χ1v) is 5.40. The number of esters is 1. The molecule has 0 saturated carbocycles. The Morgan fingerprint density at radius 2 is 2.36 bits per heavy atom. The van der Waals surface area contributed by atoms with Gasteiger partial charge in [0.15, 0.2) is 0 Å². The molecule has 0 aromatic heterocycles. The highest BCUT2D eigenvalue weighted by atomic mass is 32.2. The highest BCUT2D eigenvalue weighted by Gasteiger charge is 2.26. The minimum atomic E-state index is -0.433. The molecule has 1 aliphatic heterocycles. The Bertz CT molecular complexity index is 235. The van der Waals surface area contributed by atoms with E-state index in [1.165, 1.54) is 7.11 Å². The number of hydrogen-bond donors (Lipinski definition) is 2. The molecule has 1 aliphatic rings. The van der Waals surface area contributed by atoms with Gasteiger partial charge < -0.3 is 10.1 Å². The molecule has 80 valence electrons. The molecule has 1 amide bonds. The molecule has 0 radical (unpaired) electrons. The summed E-state index contributed by atoms with van der Waals surface area (Å²) in [5.41, 5.74) is 0. The van der Waals surface area contributed by atoms with Crippen LogP contribution in [0.3, 0.4) is 0 Å². The van der Waals surface area contributed by atoms with Crippen LogP contribution in [0.25, 0.3) is 0 Å². The fourth-order valence-electron chi connectivity index (χ4n) is 1.13. The van der Waals surface area contributed by atoms with E-state index in [2.05, 4.69) is 15.4 Å². The summed E-state index contributed by atoms with van der Waals surface area (Å²) in [4.78, 5) is 22.1. The number of nitrogens with one attached hydrogen (secondary N) is 2. The Hall–Kier alpha value is -0.750. The van der Waals surface area contributed by atoms with Crippen molar-refractivity contribution in [3.05, 3.63) is 0 Å². The van der Waals surface area contributed by atoms with Gasteiger partial charge in [-0.15, -0.1) is 11.8 Å². The summed E-state index contributed by atoms with van der Waals surface area (Å²) in [5.74, 6) is 0.165. The van der Waals surface area contributed by atoms with Crippen molar-refractivity contribution in [1.82, 2.24) is 10.6 Å². The molecule has 6 heteroatoms. The lowest BCUT2D eigenvalue weighted by atomic mass is 10.3. The first-order valence-electron chi connectivity index (χ1n) is 4.35. The Morgan fingerprint density at radius 3 is 2.86 bits per heavy atom. The van der Waals surface area contributed by atoms with Crippen molar-refractivity contribution >= 4 is 23.6 Å². The van der Waals surface area contributed by atoms with Crippen molar-refractivity contribution in [2.45, 2.75) is 18.3 Å². The lowest BCUT2D eigenvalue weighted by Gasteiger charge is -2.10. The normalized spacial score (nSPS) is 25.9. The van der Waals surface area contributed by atoms with E-state index >= 15 is 0 Å². The molecule has 5 nitrogen and oxygen atoms in total. The number of amides is 1. The van der Waals surface area contributed by atoms with Crippen molar-refractivity contribution in [3.63, 3.8) is 0 Å². The van der Waals surface area contributed by atoms with E-state index in [0.29, 0.717) is 5.37 Å². The van der Waals surface area contributed by atoms with E-state index < -0.39 is 5.97 Å². The summed E-state index contributed by atoms with van der Waals surface area (Å²) >= 11 is 1.69. The fraction of sp³-hybridized carbons (Fsp3) is 0.750. The average Bonchev–Trinajstić information content (AvgIpc) is 2.60. The molecule has 1 rings (SSSR count). The fourth-order valence-corrected chi connectivity index (χ4v) is 2.12. The Morgan fingerprint density at radius 1 is 1.64 bits per heavy atom. The maximum Gasteiger partial charge on any atom is 0.325 e. The Labute approximate surface area is 86.9 Å². The van der Waals surface area contributed by atoms with Crippen LogP contribution in [-0.2, 0) is 14.3 Å². The second kappa shape index (κ2) is 5.21. The summed E-state index contributed by atoms with van der Waals surface area (Å²) in [6.07, 6.45) is 0. The van der Waals surface area contributed by atoms with E-state index in [0.717, 1.165) is 5.75 Å². The topological polar surface area (TPSA) is 67.4 Å². The van der Waals surface area contributed by atoms with Gasteiger partial charge in [-0.25, -0.2) is 0 Å². The van der Waals surface area contributed by atoms with Gasteiger partial charge in [-0.05, 0) is 6.92 Å². The molecule has 0 aliphatic carbocycles. The first-order chi connectivity index (χ1) is 6.63. The summed E-state index contributed by atoms with van der Waals surface area (Å²) in [6, 6.07) is -0.195. The van der Waals surface area contributed by atoms with E-state index in [1.54, 1.807) is 11.8 Å². The number of rotatable bonds is 3. The van der Waals surface area contributed by atoms with Crippen LogP contribution in [-0.4, -0.2) is 42.7 Å². The Balaban J connectivity index is 2.25. The zero-order valence-corrected chi connectivity index (χ0v) is 9.02. The molecule has 14 heavy (non-hydrogen) atoms. The van der Waals surface area contributed by atoms with Gasteiger partial charge in [0.1, 0.15) is 6.54 Å². The van der Waals surface area contributed by atoms with Gasteiger partial charge in [0.05, 0.1) is 18.5 Å². The van der Waals surface area contributed by atoms with Crippen LogP contribution in [0.4, 0.5) is 0 Å². The van der Waals surface area contributed by atoms with Crippen molar-refractivity contribution < 1.29 is 14.3 Å². The monoisotopic (exact) mass is 218 g/mol. The zero-order chi connectivity index (χ0) is 10.6. The van der Waals surface area contributed by atoms with Gasteiger partial charge >= 0.3 is 5.97 Å². The number of carbonyl (C=O) groups is 2. The molecule has 2 N–H and O–H groups in total. The first kappa shape index (κ1) is 11.3. The molecule has 0 aromatic rings. The van der Waals surface area contributed by atoms with Crippen molar-refractivity contribution in [1.29, 1.82) is 0 Å². The molecular weight excluding hydrogens is 204 g/mol. The minimum Gasteiger partial charge on any atom is -0.468 e. The molecule has 2 unspecified atom stereocenters. The van der Waals surface area contributed by atoms with Gasteiger partial charge in [-0.1, -0.05) is 0 Å². The van der Waals surface area contributed by atoms with E-state index in [9.17, 15) is 9.59 Å². The maximum absolute atomic E-state index is 11.4. The van der Waals surface area contributed by atoms with E-state index in [4.69, 9.17) is 0 Å². The predicted molar refractivity (Wildman–Crippen MR) is 53.9 cm³/mol. The van der Waals surface area contributed by atoms with Crippen LogP contribution in [0.2, 0.25) is 0 Å². The molecule has 0 aromatic carbocycles. The number of ether oxygens (including phenoxy) is 1. The predicted octanol–water partition coefficient (Wildman–Crippen LogP) is -0.673. The standard InChI is InChI=1S/C8H14N2O3S/c1-5-10-6(4-14-5)8(12)9-3-7(11)13-2/h5-6,10H,3-4H2,1-2H3,(H,9,12). The summed E-state index contributed by atoms with van der Waals surface area (Å²) in [5, 5.41) is 5.90. The van der Waals surface area contributed by atoms with Crippen molar-refractivity contribution in [3.8, 4) is 0 Å². The van der Waals surface area contributed by atoms with E-state index in [1.807, 2.05) is 6.92 Å². The average molecular weight is 218 g/mol. The van der Waals surface area contributed by atoms with Gasteiger partial charge in [0.2, 0.25) is 5.91 Å². The molecule has 0 bridgehead atoms. The van der Waals surface area contributed by atoms with Crippen molar-refractivity contribution in [2.75, 3.05) is 19.4 Å². The maximum atomic E-state index is 11.4. The molecule has 1 heterocycles. The zero-order valence-electron chi connectivity index (χ0n) is 8.20. The lowest BCUT2D eigenvalue weighted by molar-refractivity contribution is -0.141. The second-order valence-corrected chi connectivity index (χ2v) is 4.36. The largest absolute Gasteiger partial charge is 0.468 e. The summed E-state index contributed by atoms with van der Waals surface area (Å²) in [6.45, 7) is 1.94. The number of methoxy groups -OCH3 is 1. The SMILES string of the molecule is COC(=O)CNC(=O)C1CSC(C)N1. The Kier molecular flexibility index (Phi) is 4.21. The van der Waals surface area contributed by atoms with Gasteiger partial charge in [0, 0.05) is 5.75 Å². The quantitative estimate of drug-likeness (QED) is 0.615.